The first-order valence-corrected chi connectivity index (χ1v) is 9.96. The summed E-state index contributed by atoms with van der Waals surface area (Å²) in [5, 5.41) is 5.71. The van der Waals surface area contributed by atoms with Gasteiger partial charge in [-0.2, -0.15) is 5.10 Å². The number of carbonyl (C=O) groups is 1. The van der Waals surface area contributed by atoms with E-state index in [0.29, 0.717) is 5.65 Å². The zero-order valence-electron chi connectivity index (χ0n) is 16.7. The number of hydrogen-bond acceptors (Lipinski definition) is 3. The number of amides is 1. The predicted octanol–water partition coefficient (Wildman–Crippen LogP) is 2.99. The second kappa shape index (κ2) is 7.26. The maximum Gasteiger partial charge on any atom is 0.252 e. The molecule has 146 valence electrons. The van der Waals surface area contributed by atoms with Crippen molar-refractivity contribution in [2.24, 2.45) is 0 Å². The molecule has 3 aromatic rings. The van der Waals surface area contributed by atoms with Crippen molar-refractivity contribution in [1.29, 1.82) is 0 Å². The standard InChI is InChI=1S/C22H26N4O2/c1-4-17-13-19(27)25(14-20(28)24-11-5-6-12-24)22-21(17)16(3)23-26(22)18-9-7-15(2)8-10-18/h7-10,13H,4-6,11-12,14H2,1-3H3. The molecule has 0 radical (unpaired) electrons. The lowest BCUT2D eigenvalue weighted by atomic mass is 10.1. The Morgan fingerprint density at radius 2 is 1.79 bits per heavy atom. The van der Waals surface area contributed by atoms with E-state index in [0.717, 1.165) is 60.2 Å². The van der Waals surface area contributed by atoms with Gasteiger partial charge in [-0.05, 0) is 50.8 Å². The molecule has 1 aromatic carbocycles. The van der Waals surface area contributed by atoms with E-state index in [1.807, 2.05) is 54.6 Å². The van der Waals surface area contributed by atoms with Gasteiger partial charge in [0.2, 0.25) is 5.91 Å². The zero-order chi connectivity index (χ0) is 19.8. The summed E-state index contributed by atoms with van der Waals surface area (Å²) in [6, 6.07) is 9.71. The van der Waals surface area contributed by atoms with E-state index in [1.54, 1.807) is 10.6 Å². The number of aromatic nitrogens is 3. The van der Waals surface area contributed by atoms with Gasteiger partial charge >= 0.3 is 0 Å². The largest absolute Gasteiger partial charge is 0.341 e. The van der Waals surface area contributed by atoms with Crippen LogP contribution in [0.2, 0.25) is 0 Å². The van der Waals surface area contributed by atoms with Gasteiger partial charge in [0.15, 0.2) is 0 Å². The highest BCUT2D eigenvalue weighted by Gasteiger charge is 2.23. The van der Waals surface area contributed by atoms with Crippen LogP contribution in [-0.4, -0.2) is 38.2 Å². The van der Waals surface area contributed by atoms with Crippen LogP contribution in [0.3, 0.4) is 0 Å². The average molecular weight is 378 g/mol. The molecule has 28 heavy (non-hydrogen) atoms. The number of likely N-dealkylation sites (tertiary alicyclic amines) is 1. The van der Waals surface area contributed by atoms with E-state index in [4.69, 9.17) is 5.10 Å². The number of carbonyl (C=O) groups excluding carboxylic acids is 1. The maximum absolute atomic E-state index is 13.0. The smallest absolute Gasteiger partial charge is 0.252 e. The minimum absolute atomic E-state index is 0.000502. The van der Waals surface area contributed by atoms with Crippen molar-refractivity contribution in [3.8, 4) is 5.69 Å². The molecule has 1 aliphatic rings. The summed E-state index contributed by atoms with van der Waals surface area (Å²) < 4.78 is 3.40. The quantitative estimate of drug-likeness (QED) is 0.701. The Labute approximate surface area is 164 Å². The fraction of sp³-hybridized carbons (Fsp3) is 0.409. The van der Waals surface area contributed by atoms with Gasteiger partial charge in [0.25, 0.3) is 5.56 Å². The minimum Gasteiger partial charge on any atom is -0.341 e. The van der Waals surface area contributed by atoms with Crippen molar-refractivity contribution in [3.63, 3.8) is 0 Å². The van der Waals surface area contributed by atoms with E-state index in [2.05, 4.69) is 0 Å². The first-order chi connectivity index (χ1) is 13.5. The molecule has 4 rings (SSSR count). The van der Waals surface area contributed by atoms with Crippen LogP contribution in [0.1, 0.15) is 36.6 Å². The lowest BCUT2D eigenvalue weighted by Crippen LogP contribution is -2.35. The third kappa shape index (κ3) is 3.13. The highest BCUT2D eigenvalue weighted by Crippen LogP contribution is 2.25. The Morgan fingerprint density at radius 1 is 1.11 bits per heavy atom. The Kier molecular flexibility index (Phi) is 4.79. The fourth-order valence-corrected chi connectivity index (χ4v) is 4.04. The molecule has 6 nitrogen and oxygen atoms in total. The van der Waals surface area contributed by atoms with Crippen molar-refractivity contribution in [3.05, 3.63) is 57.5 Å². The summed E-state index contributed by atoms with van der Waals surface area (Å²) >= 11 is 0. The van der Waals surface area contributed by atoms with Gasteiger partial charge in [-0.1, -0.05) is 24.6 Å². The Hall–Kier alpha value is -2.89. The summed E-state index contributed by atoms with van der Waals surface area (Å²) in [4.78, 5) is 27.6. The lowest BCUT2D eigenvalue weighted by molar-refractivity contribution is -0.130. The van der Waals surface area contributed by atoms with Gasteiger partial charge in [-0.3, -0.25) is 14.2 Å². The lowest BCUT2D eigenvalue weighted by Gasteiger charge is -2.18. The molecular formula is C22H26N4O2. The number of fused-ring (bicyclic) bond motifs is 1. The summed E-state index contributed by atoms with van der Waals surface area (Å²) in [6.45, 7) is 7.65. The van der Waals surface area contributed by atoms with Crippen LogP contribution in [0.4, 0.5) is 0 Å². The highest BCUT2D eigenvalue weighted by molar-refractivity contribution is 5.86. The molecule has 0 bridgehead atoms. The molecule has 3 heterocycles. The van der Waals surface area contributed by atoms with Gasteiger partial charge in [0.05, 0.1) is 11.4 Å². The molecule has 6 heteroatoms. The van der Waals surface area contributed by atoms with Crippen LogP contribution in [0.15, 0.2) is 35.1 Å². The predicted molar refractivity (Wildman–Crippen MR) is 110 cm³/mol. The number of hydrogen-bond donors (Lipinski definition) is 0. The van der Waals surface area contributed by atoms with Crippen molar-refractivity contribution in [2.75, 3.05) is 13.1 Å². The van der Waals surface area contributed by atoms with Gasteiger partial charge in [0, 0.05) is 24.5 Å². The Morgan fingerprint density at radius 3 is 2.43 bits per heavy atom. The number of aryl methyl sites for hydroxylation is 3. The molecule has 0 N–H and O–H groups in total. The van der Waals surface area contributed by atoms with Gasteiger partial charge < -0.3 is 4.90 Å². The van der Waals surface area contributed by atoms with Crippen molar-refractivity contribution in [2.45, 2.75) is 46.6 Å². The van der Waals surface area contributed by atoms with Crippen molar-refractivity contribution >= 4 is 16.9 Å². The summed E-state index contributed by atoms with van der Waals surface area (Å²) in [7, 11) is 0. The molecule has 0 atom stereocenters. The van der Waals surface area contributed by atoms with Gasteiger partial charge in [0.1, 0.15) is 12.2 Å². The molecule has 0 unspecified atom stereocenters. The molecule has 0 spiro atoms. The monoisotopic (exact) mass is 378 g/mol. The maximum atomic E-state index is 13.0. The van der Waals surface area contributed by atoms with Crippen LogP contribution in [-0.2, 0) is 17.8 Å². The molecule has 1 aliphatic heterocycles. The summed E-state index contributed by atoms with van der Waals surface area (Å²) in [6.07, 6.45) is 2.81. The molecular weight excluding hydrogens is 352 g/mol. The van der Waals surface area contributed by atoms with Crippen LogP contribution in [0.5, 0.6) is 0 Å². The first-order valence-electron chi connectivity index (χ1n) is 9.96. The molecule has 1 saturated heterocycles. The van der Waals surface area contributed by atoms with Gasteiger partial charge in [-0.25, -0.2) is 4.68 Å². The Balaban J connectivity index is 1.92. The molecule has 0 saturated carbocycles. The number of benzene rings is 1. The van der Waals surface area contributed by atoms with Crippen LogP contribution in [0.25, 0.3) is 16.7 Å². The average Bonchev–Trinajstić information content (AvgIpc) is 3.33. The van der Waals surface area contributed by atoms with E-state index in [1.165, 1.54) is 0 Å². The molecule has 1 amide bonds. The summed E-state index contributed by atoms with van der Waals surface area (Å²) in [5.41, 5.74) is 4.45. The van der Waals surface area contributed by atoms with E-state index < -0.39 is 0 Å². The fourth-order valence-electron chi connectivity index (χ4n) is 4.04. The van der Waals surface area contributed by atoms with Crippen LogP contribution in [0, 0.1) is 13.8 Å². The number of nitrogens with zero attached hydrogens (tertiary/aromatic N) is 4. The number of pyridine rings is 1. The van der Waals surface area contributed by atoms with Gasteiger partial charge in [-0.15, -0.1) is 0 Å². The van der Waals surface area contributed by atoms with E-state index in [9.17, 15) is 9.59 Å². The van der Waals surface area contributed by atoms with Crippen molar-refractivity contribution in [1.82, 2.24) is 19.2 Å². The normalized spacial score (nSPS) is 14.2. The second-order valence-corrected chi connectivity index (χ2v) is 7.57. The minimum atomic E-state index is -0.148. The topological polar surface area (TPSA) is 60.1 Å². The van der Waals surface area contributed by atoms with E-state index in [-0.39, 0.29) is 18.0 Å². The summed E-state index contributed by atoms with van der Waals surface area (Å²) in [5.74, 6) is -0.000502. The molecule has 0 aliphatic carbocycles. The highest BCUT2D eigenvalue weighted by atomic mass is 16.2. The van der Waals surface area contributed by atoms with Crippen LogP contribution >= 0.6 is 0 Å². The van der Waals surface area contributed by atoms with Crippen LogP contribution < -0.4 is 5.56 Å². The third-order valence-electron chi connectivity index (χ3n) is 5.59. The molecule has 1 fully saturated rings. The van der Waals surface area contributed by atoms with E-state index >= 15 is 0 Å². The molecule has 2 aromatic heterocycles. The zero-order valence-corrected chi connectivity index (χ0v) is 16.7. The first kappa shape index (κ1) is 18.5. The van der Waals surface area contributed by atoms with Crippen molar-refractivity contribution < 1.29 is 4.79 Å². The Bertz CT molecular complexity index is 1090. The second-order valence-electron chi connectivity index (χ2n) is 7.57. The SMILES string of the molecule is CCc1cc(=O)n(CC(=O)N2CCCC2)c2c1c(C)nn2-c1ccc(C)cc1. The third-order valence-corrected chi connectivity index (χ3v) is 5.59. The number of rotatable bonds is 4.